The Kier molecular flexibility index (Phi) is 8.04. The van der Waals surface area contributed by atoms with Crippen LogP contribution in [0.25, 0.3) is 0 Å². The molecule has 0 radical (unpaired) electrons. The molecule has 0 aliphatic carbocycles. The third-order valence-electron chi connectivity index (χ3n) is 4.45. The van der Waals surface area contributed by atoms with Gasteiger partial charge in [-0.1, -0.05) is 70.6 Å². The first-order chi connectivity index (χ1) is 12.9. The van der Waals surface area contributed by atoms with Gasteiger partial charge in [0.2, 0.25) is 14.2 Å². The van der Waals surface area contributed by atoms with Gasteiger partial charge in [0.25, 0.3) is 0 Å². The molecule has 0 aliphatic rings. The number of rotatable bonds is 10. The molecule has 0 saturated heterocycles. The lowest BCUT2D eigenvalue weighted by Gasteiger charge is -2.35. The summed E-state index contributed by atoms with van der Waals surface area (Å²) in [5.74, 6) is 0. The van der Waals surface area contributed by atoms with Crippen LogP contribution < -0.4 is 21.0 Å². The van der Waals surface area contributed by atoms with Crippen molar-refractivity contribution in [1.82, 2.24) is 0 Å². The molecular formula is C19H24B2O6-2. The minimum absolute atomic E-state index is 0.233. The molecule has 2 aromatic carbocycles. The van der Waals surface area contributed by atoms with Crippen LogP contribution in [-0.4, -0.2) is 50.9 Å². The second-order valence-electron chi connectivity index (χ2n) is 6.92. The maximum atomic E-state index is 12.2. The van der Waals surface area contributed by atoms with Gasteiger partial charge in [-0.05, 0) is 13.8 Å². The third-order valence-corrected chi connectivity index (χ3v) is 4.45. The summed E-state index contributed by atoms with van der Waals surface area (Å²) in [7, 11) is -2.91. The summed E-state index contributed by atoms with van der Waals surface area (Å²) in [4.78, 5) is 0. The smallest absolute Gasteiger partial charge is 0.217 e. The van der Waals surface area contributed by atoms with E-state index in [4.69, 9.17) is 9.31 Å². The van der Waals surface area contributed by atoms with Crippen molar-refractivity contribution in [1.29, 1.82) is 0 Å². The number of hydrogen-bond acceptors (Lipinski definition) is 6. The summed E-state index contributed by atoms with van der Waals surface area (Å²) in [6.45, 7) is 2.40. The molecule has 0 saturated carbocycles. The molecule has 0 aliphatic heterocycles. The summed E-state index contributed by atoms with van der Waals surface area (Å²) in [6.07, 6.45) is 0. The summed E-state index contributed by atoms with van der Waals surface area (Å²) in [6, 6.07) is 13.9. The number of aliphatic hydroxyl groups is 2. The van der Waals surface area contributed by atoms with Crippen LogP contribution in [0.5, 0.6) is 0 Å². The van der Waals surface area contributed by atoms with Gasteiger partial charge in [-0.3, -0.25) is 0 Å². The maximum absolute atomic E-state index is 12.2. The average Bonchev–Trinajstić information content (AvgIpc) is 2.69. The van der Waals surface area contributed by atoms with Crippen LogP contribution in [0.15, 0.2) is 48.5 Å². The van der Waals surface area contributed by atoms with Gasteiger partial charge < -0.3 is 29.6 Å². The zero-order valence-corrected chi connectivity index (χ0v) is 15.6. The second-order valence-corrected chi connectivity index (χ2v) is 6.92. The van der Waals surface area contributed by atoms with E-state index in [1.54, 1.807) is 24.3 Å². The fraction of sp³-hybridized carbons (Fsp3) is 0.368. The fourth-order valence-electron chi connectivity index (χ4n) is 2.42. The predicted molar refractivity (Wildman–Crippen MR) is 102 cm³/mol. The molecule has 0 unspecified atom stereocenters. The van der Waals surface area contributed by atoms with Crippen molar-refractivity contribution < 1.29 is 29.6 Å². The van der Waals surface area contributed by atoms with Gasteiger partial charge in [-0.2, -0.15) is 0 Å². The Bertz CT molecular complexity index is 631. The average molecular weight is 370 g/mol. The Labute approximate surface area is 160 Å². The SMILES string of the molecule is Cc1ccc(B([O-])OCC(CO)(CO)COB([O-])c2ccc(C)cc2)cc1. The van der Waals surface area contributed by atoms with E-state index in [9.17, 15) is 20.3 Å². The van der Waals surface area contributed by atoms with Gasteiger partial charge in [0.1, 0.15) is 0 Å². The van der Waals surface area contributed by atoms with E-state index in [1.807, 2.05) is 38.1 Å². The number of benzene rings is 2. The summed E-state index contributed by atoms with van der Waals surface area (Å²) < 4.78 is 10.6. The summed E-state index contributed by atoms with van der Waals surface area (Å²) >= 11 is 0. The molecule has 0 aromatic heterocycles. The van der Waals surface area contributed by atoms with E-state index in [1.165, 1.54) is 0 Å². The highest BCUT2D eigenvalue weighted by Gasteiger charge is 2.30. The molecular weight excluding hydrogens is 346 g/mol. The van der Waals surface area contributed by atoms with E-state index >= 15 is 0 Å². The topological polar surface area (TPSA) is 105 Å². The first kappa shape index (κ1) is 21.6. The van der Waals surface area contributed by atoms with Gasteiger partial charge in [0, 0.05) is 13.2 Å². The van der Waals surface area contributed by atoms with Crippen LogP contribution in [0, 0.1) is 19.3 Å². The van der Waals surface area contributed by atoms with Crippen LogP contribution in [0.3, 0.4) is 0 Å². The monoisotopic (exact) mass is 370 g/mol. The van der Waals surface area contributed by atoms with Crippen LogP contribution in [0.4, 0.5) is 0 Å². The van der Waals surface area contributed by atoms with E-state index in [-0.39, 0.29) is 13.2 Å². The number of hydrogen-bond donors (Lipinski definition) is 2. The first-order valence-corrected chi connectivity index (χ1v) is 8.79. The molecule has 2 rings (SSSR count). The molecule has 6 nitrogen and oxygen atoms in total. The molecule has 0 amide bonds. The van der Waals surface area contributed by atoms with Crippen LogP contribution >= 0.6 is 0 Å². The highest BCUT2D eigenvalue weighted by molar-refractivity contribution is 6.58. The van der Waals surface area contributed by atoms with Crippen LogP contribution in [-0.2, 0) is 9.31 Å². The fourth-order valence-corrected chi connectivity index (χ4v) is 2.42. The quantitative estimate of drug-likeness (QED) is 0.475. The van der Waals surface area contributed by atoms with Crippen molar-refractivity contribution in [3.63, 3.8) is 0 Å². The van der Waals surface area contributed by atoms with Gasteiger partial charge >= 0.3 is 0 Å². The van der Waals surface area contributed by atoms with Crippen molar-refractivity contribution in [2.45, 2.75) is 13.8 Å². The molecule has 2 N–H and O–H groups in total. The molecule has 0 spiro atoms. The lowest BCUT2D eigenvalue weighted by molar-refractivity contribution is -0.226. The van der Waals surface area contributed by atoms with E-state index in [0.717, 1.165) is 11.1 Å². The number of aliphatic hydroxyl groups excluding tert-OH is 2. The zero-order chi connectivity index (χ0) is 19.9. The molecule has 144 valence electrons. The molecule has 0 bridgehead atoms. The van der Waals surface area contributed by atoms with E-state index in [0.29, 0.717) is 10.9 Å². The molecule has 0 heterocycles. The van der Waals surface area contributed by atoms with Gasteiger partial charge in [0.15, 0.2) is 0 Å². The molecule has 27 heavy (non-hydrogen) atoms. The zero-order valence-electron chi connectivity index (χ0n) is 15.6. The molecule has 0 fully saturated rings. The Morgan fingerprint density at radius 2 is 1.07 bits per heavy atom. The lowest BCUT2D eigenvalue weighted by atomic mass is 9.77. The highest BCUT2D eigenvalue weighted by atomic mass is 16.5. The second kappa shape index (κ2) is 10.0. The number of aryl methyl sites for hydroxylation is 2. The Morgan fingerprint density at radius 1 is 0.741 bits per heavy atom. The Morgan fingerprint density at radius 3 is 1.37 bits per heavy atom. The highest BCUT2D eigenvalue weighted by Crippen LogP contribution is 2.17. The van der Waals surface area contributed by atoms with Crippen molar-refractivity contribution in [2.24, 2.45) is 5.41 Å². The first-order valence-electron chi connectivity index (χ1n) is 8.79. The largest absolute Gasteiger partial charge is 0.853 e. The van der Waals surface area contributed by atoms with Crippen molar-refractivity contribution in [3.8, 4) is 0 Å². The summed E-state index contributed by atoms with van der Waals surface area (Å²) in [5.41, 5.74) is 1.72. The molecule has 8 heteroatoms. The Balaban J connectivity index is 1.95. The third kappa shape index (κ3) is 6.17. The minimum atomic E-state index is -1.46. The molecule has 0 atom stereocenters. The van der Waals surface area contributed by atoms with E-state index in [2.05, 4.69) is 0 Å². The Hall–Kier alpha value is -1.67. The van der Waals surface area contributed by atoms with Gasteiger partial charge in [0.05, 0.1) is 18.6 Å². The normalized spacial score (nSPS) is 11.5. The van der Waals surface area contributed by atoms with Crippen molar-refractivity contribution in [3.05, 3.63) is 59.7 Å². The lowest BCUT2D eigenvalue weighted by Crippen LogP contribution is -2.53. The van der Waals surface area contributed by atoms with E-state index < -0.39 is 32.9 Å². The van der Waals surface area contributed by atoms with Gasteiger partial charge in [-0.15, -0.1) is 0 Å². The van der Waals surface area contributed by atoms with Crippen LogP contribution in [0.1, 0.15) is 11.1 Å². The minimum Gasteiger partial charge on any atom is -0.853 e. The maximum Gasteiger partial charge on any atom is 0.217 e. The van der Waals surface area contributed by atoms with Gasteiger partial charge in [-0.25, -0.2) is 0 Å². The summed E-state index contributed by atoms with van der Waals surface area (Å²) in [5, 5.41) is 43.8. The van der Waals surface area contributed by atoms with Crippen molar-refractivity contribution in [2.75, 3.05) is 26.4 Å². The standard InChI is InChI=1S/C19H24B2O6/c1-15-3-7-17(8-4-15)20(24)26-13-19(11-22,12-23)14-27-21(25)18-9-5-16(2)6-10-18/h3-10,22-23H,11-14H2,1-2H3/q-2. The molecule has 2 aromatic rings. The van der Waals surface area contributed by atoms with Crippen molar-refractivity contribution >= 4 is 25.2 Å². The predicted octanol–water partition coefficient (Wildman–Crippen LogP) is -1.88. The van der Waals surface area contributed by atoms with Crippen LogP contribution in [0.2, 0.25) is 0 Å².